The Kier molecular flexibility index (Phi) is 6.28. The van der Waals surface area contributed by atoms with Gasteiger partial charge in [-0.25, -0.2) is 15.0 Å². The van der Waals surface area contributed by atoms with Crippen LogP contribution in [0.2, 0.25) is 0 Å². The lowest BCUT2D eigenvalue weighted by Crippen LogP contribution is -2.29. The summed E-state index contributed by atoms with van der Waals surface area (Å²) in [5.74, 6) is -1.92. The van der Waals surface area contributed by atoms with Crippen LogP contribution in [-0.4, -0.2) is 30.6 Å². The Morgan fingerprint density at radius 1 is 0.824 bits per heavy atom. The molecule has 2 aromatic heterocycles. The van der Waals surface area contributed by atoms with Crippen LogP contribution in [-0.2, 0) is 18.5 Å². The molecule has 1 aromatic carbocycles. The minimum Gasteiger partial charge on any atom is -0.342 e. The smallest absolute Gasteiger partial charge is 0.342 e. The molecule has 0 bridgehead atoms. The summed E-state index contributed by atoms with van der Waals surface area (Å²) < 4.78 is 118. The lowest BCUT2D eigenvalue weighted by Gasteiger charge is -2.17. The summed E-state index contributed by atoms with van der Waals surface area (Å²) >= 11 is 0. The molecule has 34 heavy (non-hydrogen) atoms. The molecule has 0 aliphatic heterocycles. The van der Waals surface area contributed by atoms with Crippen molar-refractivity contribution in [2.75, 3.05) is 0 Å². The van der Waals surface area contributed by atoms with Crippen molar-refractivity contribution in [3.8, 4) is 5.82 Å². The van der Waals surface area contributed by atoms with E-state index in [1.165, 1.54) is 6.92 Å². The Bertz CT molecular complexity index is 1170. The van der Waals surface area contributed by atoms with Crippen LogP contribution in [0.1, 0.15) is 46.0 Å². The highest BCUT2D eigenvalue weighted by molar-refractivity contribution is 5.94. The third-order valence-electron chi connectivity index (χ3n) is 4.32. The van der Waals surface area contributed by atoms with Crippen LogP contribution >= 0.6 is 0 Å². The fraction of sp³-hybridized carbons (Fsp3) is 0.278. The quantitative estimate of drug-likeness (QED) is 0.532. The molecule has 1 N–H and O–H groups in total. The number of halogens is 9. The highest BCUT2D eigenvalue weighted by atomic mass is 19.4. The molecule has 1 amide bonds. The number of rotatable bonds is 4. The van der Waals surface area contributed by atoms with Crippen LogP contribution in [0.3, 0.4) is 0 Å². The van der Waals surface area contributed by atoms with E-state index >= 15 is 0 Å². The van der Waals surface area contributed by atoms with Gasteiger partial charge in [0.1, 0.15) is 18.3 Å². The fourth-order valence-electron chi connectivity index (χ4n) is 2.77. The minimum absolute atomic E-state index is 0.135. The van der Waals surface area contributed by atoms with Crippen LogP contribution in [0.5, 0.6) is 0 Å². The summed E-state index contributed by atoms with van der Waals surface area (Å²) in [5, 5.41) is 5.85. The van der Waals surface area contributed by atoms with Crippen LogP contribution < -0.4 is 5.32 Å². The molecule has 0 aliphatic carbocycles. The van der Waals surface area contributed by atoms with Crippen molar-refractivity contribution in [1.29, 1.82) is 0 Å². The molecule has 7 nitrogen and oxygen atoms in total. The van der Waals surface area contributed by atoms with E-state index in [9.17, 15) is 44.3 Å². The molecule has 0 saturated carbocycles. The van der Waals surface area contributed by atoms with E-state index in [0.29, 0.717) is 12.4 Å². The maximum atomic E-state index is 13.0. The van der Waals surface area contributed by atoms with Crippen LogP contribution in [0.4, 0.5) is 39.5 Å². The van der Waals surface area contributed by atoms with Crippen molar-refractivity contribution < 1.29 is 44.3 Å². The van der Waals surface area contributed by atoms with Crippen molar-refractivity contribution in [1.82, 2.24) is 30.0 Å². The number of nitrogens with one attached hydrogen (secondary N) is 1. The van der Waals surface area contributed by atoms with Gasteiger partial charge in [0.15, 0.2) is 11.6 Å². The van der Waals surface area contributed by atoms with Gasteiger partial charge in [-0.05, 0) is 25.1 Å². The summed E-state index contributed by atoms with van der Waals surface area (Å²) in [6, 6.07) is -0.341. The van der Waals surface area contributed by atoms with Gasteiger partial charge in [-0.15, -0.1) is 0 Å². The molecule has 0 radical (unpaired) electrons. The highest BCUT2D eigenvalue weighted by Crippen LogP contribution is 2.36. The van der Waals surface area contributed by atoms with Crippen molar-refractivity contribution >= 4 is 5.91 Å². The number of hydrogen-bond donors (Lipinski definition) is 1. The summed E-state index contributed by atoms with van der Waals surface area (Å²) in [7, 11) is 0. The second kappa shape index (κ2) is 8.57. The Morgan fingerprint density at radius 3 is 1.94 bits per heavy atom. The maximum absolute atomic E-state index is 13.0. The Labute approximate surface area is 183 Å². The van der Waals surface area contributed by atoms with E-state index in [1.807, 2.05) is 0 Å². The largest absolute Gasteiger partial charge is 0.433 e. The van der Waals surface area contributed by atoms with Crippen LogP contribution in [0.15, 0.2) is 36.9 Å². The summed E-state index contributed by atoms with van der Waals surface area (Å²) in [6.07, 6.45) is -13.6. The van der Waals surface area contributed by atoms with Crippen molar-refractivity contribution in [2.45, 2.75) is 31.5 Å². The molecular formula is C18H11F9N6O. The highest BCUT2D eigenvalue weighted by Gasteiger charge is 2.38. The number of aromatic nitrogens is 5. The van der Waals surface area contributed by atoms with Gasteiger partial charge in [-0.3, -0.25) is 4.79 Å². The van der Waals surface area contributed by atoms with E-state index in [-0.39, 0.29) is 24.0 Å². The Hall–Kier alpha value is -3.72. The summed E-state index contributed by atoms with van der Waals surface area (Å²) in [5.41, 5.74) is -5.63. The zero-order valence-electron chi connectivity index (χ0n) is 16.6. The van der Waals surface area contributed by atoms with Crippen LogP contribution in [0.25, 0.3) is 5.82 Å². The SMILES string of the molecule is CC(NC(=O)c1cc(C(F)(F)F)cc(C(F)(F)F)c1)c1ncnn1-c1cc(C(F)(F)F)ncn1. The lowest BCUT2D eigenvalue weighted by molar-refractivity contribution is -0.143. The normalized spacial score (nSPS) is 13.6. The molecule has 1 atom stereocenters. The van der Waals surface area contributed by atoms with Gasteiger partial charge < -0.3 is 5.32 Å². The monoisotopic (exact) mass is 498 g/mol. The molecular weight excluding hydrogens is 487 g/mol. The fourth-order valence-corrected chi connectivity index (χ4v) is 2.77. The van der Waals surface area contributed by atoms with Gasteiger partial charge in [0.2, 0.25) is 0 Å². The molecule has 3 aromatic rings. The first-order chi connectivity index (χ1) is 15.6. The summed E-state index contributed by atoms with van der Waals surface area (Å²) in [6.45, 7) is 1.24. The molecule has 16 heteroatoms. The second-order valence-corrected chi connectivity index (χ2v) is 6.78. The number of benzene rings is 1. The lowest BCUT2D eigenvalue weighted by atomic mass is 10.0. The summed E-state index contributed by atoms with van der Waals surface area (Å²) in [4.78, 5) is 23.0. The molecule has 0 saturated heterocycles. The molecule has 0 fully saturated rings. The van der Waals surface area contributed by atoms with Crippen LogP contribution in [0, 0.1) is 0 Å². The van der Waals surface area contributed by atoms with Gasteiger partial charge in [0.25, 0.3) is 5.91 Å². The predicted octanol–water partition coefficient (Wildman–Crippen LogP) is 4.60. The van der Waals surface area contributed by atoms with Gasteiger partial charge >= 0.3 is 18.5 Å². The van der Waals surface area contributed by atoms with E-state index < -0.39 is 58.7 Å². The minimum atomic E-state index is -5.16. The van der Waals surface area contributed by atoms with Gasteiger partial charge in [0.05, 0.1) is 17.2 Å². The number of hydrogen-bond acceptors (Lipinski definition) is 5. The first-order valence-corrected chi connectivity index (χ1v) is 8.97. The molecule has 3 rings (SSSR count). The Balaban J connectivity index is 1.92. The number of amides is 1. The van der Waals surface area contributed by atoms with E-state index in [2.05, 4.69) is 25.4 Å². The average Bonchev–Trinajstić information content (AvgIpc) is 3.21. The maximum Gasteiger partial charge on any atom is 0.433 e. The van der Waals surface area contributed by atoms with E-state index in [0.717, 1.165) is 11.0 Å². The predicted molar refractivity (Wildman–Crippen MR) is 94.3 cm³/mol. The zero-order valence-corrected chi connectivity index (χ0v) is 16.6. The number of carbonyl (C=O) groups is 1. The van der Waals surface area contributed by atoms with E-state index in [4.69, 9.17) is 0 Å². The number of nitrogens with zero attached hydrogens (tertiary/aromatic N) is 5. The second-order valence-electron chi connectivity index (χ2n) is 6.78. The van der Waals surface area contributed by atoms with Crippen molar-refractivity contribution in [2.24, 2.45) is 0 Å². The third kappa shape index (κ3) is 5.43. The molecule has 182 valence electrons. The molecule has 0 aliphatic rings. The molecule has 0 spiro atoms. The zero-order chi connectivity index (χ0) is 25.5. The molecule has 1 unspecified atom stereocenters. The average molecular weight is 498 g/mol. The van der Waals surface area contributed by atoms with Crippen molar-refractivity contribution in [3.63, 3.8) is 0 Å². The topological polar surface area (TPSA) is 85.6 Å². The standard InChI is InChI=1S/C18H11F9N6O/c1-8(14-30-7-31-33(14)13-5-12(18(25,26)27)28-6-29-13)32-15(34)9-2-10(16(19,20)21)4-11(3-9)17(22,23)24/h2-8H,1H3,(H,32,34). The van der Waals surface area contributed by atoms with Gasteiger partial charge in [0, 0.05) is 11.6 Å². The van der Waals surface area contributed by atoms with E-state index in [1.54, 1.807) is 0 Å². The number of alkyl halides is 9. The van der Waals surface area contributed by atoms with Crippen molar-refractivity contribution in [3.05, 3.63) is 65.1 Å². The number of carbonyl (C=O) groups excluding carboxylic acids is 1. The third-order valence-corrected chi connectivity index (χ3v) is 4.32. The Morgan fingerprint density at radius 2 is 1.41 bits per heavy atom. The molecule has 2 heterocycles. The van der Waals surface area contributed by atoms with Gasteiger partial charge in [-0.2, -0.15) is 49.3 Å². The van der Waals surface area contributed by atoms with Gasteiger partial charge in [-0.1, -0.05) is 0 Å². The first kappa shape index (κ1) is 24.9. The first-order valence-electron chi connectivity index (χ1n) is 8.97.